The van der Waals surface area contributed by atoms with Gasteiger partial charge in [0.1, 0.15) is 4.21 Å². The zero-order valence-electron chi connectivity index (χ0n) is 10.8. The van der Waals surface area contributed by atoms with Gasteiger partial charge in [-0.1, -0.05) is 0 Å². The number of piperidine rings is 1. The molecule has 1 aromatic heterocycles. The van der Waals surface area contributed by atoms with Crippen molar-refractivity contribution < 1.29 is 13.2 Å². The Bertz CT molecular complexity index is 545. The third-order valence-electron chi connectivity index (χ3n) is 3.11. The molecule has 1 aliphatic heterocycles. The third kappa shape index (κ3) is 4.02. The number of carbonyl (C=O) groups is 1. The first-order valence-electron chi connectivity index (χ1n) is 6.24. The minimum atomic E-state index is -3.15. The van der Waals surface area contributed by atoms with Crippen LogP contribution in [0.25, 0.3) is 0 Å². The Kier molecular flexibility index (Phi) is 4.59. The lowest BCUT2D eigenvalue weighted by Crippen LogP contribution is -2.40. The number of hydrogen-bond acceptors (Lipinski definition) is 5. The maximum absolute atomic E-state index is 11.9. The first kappa shape index (κ1) is 14.5. The highest BCUT2D eigenvalue weighted by molar-refractivity contribution is 7.92. The van der Waals surface area contributed by atoms with Crippen molar-refractivity contribution in [2.45, 2.75) is 23.6 Å². The average Bonchev–Trinajstić information content (AvgIpc) is 2.86. The SMILES string of the molecule is CS(=O)(=O)c1ccc(CNC(=O)C2CCCNC2)s1. The molecule has 2 heterocycles. The lowest BCUT2D eigenvalue weighted by Gasteiger charge is -2.21. The summed E-state index contributed by atoms with van der Waals surface area (Å²) >= 11 is 1.21. The molecule has 0 aliphatic carbocycles. The van der Waals surface area contributed by atoms with Gasteiger partial charge >= 0.3 is 0 Å². The van der Waals surface area contributed by atoms with Crippen LogP contribution in [0.2, 0.25) is 0 Å². The van der Waals surface area contributed by atoms with Crippen LogP contribution in [0.1, 0.15) is 17.7 Å². The fraction of sp³-hybridized carbons (Fsp3) is 0.583. The van der Waals surface area contributed by atoms with Crippen molar-refractivity contribution in [2.75, 3.05) is 19.3 Å². The second-order valence-electron chi connectivity index (χ2n) is 4.75. The van der Waals surface area contributed by atoms with Gasteiger partial charge in [0.2, 0.25) is 5.91 Å². The zero-order valence-corrected chi connectivity index (χ0v) is 12.4. The quantitative estimate of drug-likeness (QED) is 0.861. The molecule has 2 N–H and O–H groups in total. The van der Waals surface area contributed by atoms with Crippen molar-refractivity contribution in [3.63, 3.8) is 0 Å². The van der Waals surface area contributed by atoms with Gasteiger partial charge in [0.25, 0.3) is 0 Å². The summed E-state index contributed by atoms with van der Waals surface area (Å²) in [6.45, 7) is 2.10. The predicted octanol–water partition coefficient (Wildman–Crippen LogP) is 0.767. The Morgan fingerprint density at radius 2 is 2.32 bits per heavy atom. The van der Waals surface area contributed by atoms with Crippen LogP contribution in [0.4, 0.5) is 0 Å². The summed E-state index contributed by atoms with van der Waals surface area (Å²) < 4.78 is 23.0. The highest BCUT2D eigenvalue weighted by Gasteiger charge is 2.20. The van der Waals surface area contributed by atoms with Gasteiger partial charge < -0.3 is 10.6 Å². The normalized spacial score (nSPS) is 20.2. The van der Waals surface area contributed by atoms with E-state index in [2.05, 4.69) is 10.6 Å². The fourth-order valence-corrected chi connectivity index (χ4v) is 3.96. The molecule has 1 aliphatic rings. The van der Waals surface area contributed by atoms with Crippen molar-refractivity contribution in [2.24, 2.45) is 5.92 Å². The topological polar surface area (TPSA) is 75.3 Å². The molecule has 0 aromatic carbocycles. The van der Waals surface area contributed by atoms with Gasteiger partial charge in [-0.05, 0) is 31.5 Å². The summed E-state index contributed by atoms with van der Waals surface area (Å²) in [4.78, 5) is 12.8. The number of nitrogens with one attached hydrogen (secondary N) is 2. The number of hydrogen-bond donors (Lipinski definition) is 2. The molecule has 19 heavy (non-hydrogen) atoms. The van der Waals surface area contributed by atoms with Crippen molar-refractivity contribution in [1.82, 2.24) is 10.6 Å². The largest absolute Gasteiger partial charge is 0.351 e. The third-order valence-corrected chi connectivity index (χ3v) is 6.01. The van der Waals surface area contributed by atoms with Crippen molar-refractivity contribution in [1.29, 1.82) is 0 Å². The minimum Gasteiger partial charge on any atom is -0.351 e. The number of thiophene rings is 1. The highest BCUT2D eigenvalue weighted by atomic mass is 32.2. The van der Waals surface area contributed by atoms with Gasteiger partial charge in [0, 0.05) is 17.7 Å². The van der Waals surface area contributed by atoms with Gasteiger partial charge in [-0.15, -0.1) is 11.3 Å². The van der Waals surface area contributed by atoms with E-state index in [1.807, 2.05) is 0 Å². The first-order valence-corrected chi connectivity index (χ1v) is 8.95. The smallest absolute Gasteiger partial charge is 0.224 e. The molecule has 1 amide bonds. The molecular weight excluding hydrogens is 284 g/mol. The summed E-state index contributed by atoms with van der Waals surface area (Å²) in [5, 5.41) is 6.07. The second kappa shape index (κ2) is 6.02. The molecule has 0 spiro atoms. The Labute approximate surface area is 117 Å². The fourth-order valence-electron chi connectivity index (χ4n) is 2.05. The van der Waals surface area contributed by atoms with Crippen LogP contribution < -0.4 is 10.6 Å². The van der Waals surface area contributed by atoms with Crippen LogP contribution in [0.15, 0.2) is 16.3 Å². The minimum absolute atomic E-state index is 0.0306. The van der Waals surface area contributed by atoms with Crippen LogP contribution in [-0.4, -0.2) is 33.7 Å². The molecule has 2 rings (SSSR count). The zero-order chi connectivity index (χ0) is 13.9. The number of amides is 1. The van der Waals surface area contributed by atoms with E-state index in [4.69, 9.17) is 0 Å². The van der Waals surface area contributed by atoms with E-state index in [0.29, 0.717) is 10.8 Å². The molecule has 0 bridgehead atoms. The Morgan fingerprint density at radius 3 is 2.89 bits per heavy atom. The van der Waals surface area contributed by atoms with Gasteiger partial charge in [-0.25, -0.2) is 8.42 Å². The van der Waals surface area contributed by atoms with E-state index >= 15 is 0 Å². The van der Waals surface area contributed by atoms with E-state index in [1.54, 1.807) is 12.1 Å². The average molecular weight is 302 g/mol. The van der Waals surface area contributed by atoms with Gasteiger partial charge in [-0.2, -0.15) is 0 Å². The molecular formula is C12H18N2O3S2. The van der Waals surface area contributed by atoms with Crippen LogP contribution in [-0.2, 0) is 21.2 Å². The molecule has 7 heteroatoms. The molecule has 1 atom stereocenters. The molecule has 1 saturated heterocycles. The lowest BCUT2D eigenvalue weighted by atomic mass is 9.99. The molecule has 1 unspecified atom stereocenters. The molecule has 5 nitrogen and oxygen atoms in total. The molecule has 1 aromatic rings. The van der Waals surface area contributed by atoms with Crippen LogP contribution >= 0.6 is 11.3 Å². The van der Waals surface area contributed by atoms with Gasteiger partial charge in [0.05, 0.1) is 12.5 Å². The summed E-state index contributed by atoms with van der Waals surface area (Å²) in [5.74, 6) is 0.0737. The highest BCUT2D eigenvalue weighted by Crippen LogP contribution is 2.21. The Morgan fingerprint density at radius 1 is 1.53 bits per heavy atom. The molecule has 0 radical (unpaired) electrons. The first-order chi connectivity index (χ1) is 8.97. The maximum atomic E-state index is 11.9. The predicted molar refractivity (Wildman–Crippen MR) is 74.9 cm³/mol. The summed E-state index contributed by atoms with van der Waals surface area (Å²) in [6, 6.07) is 3.34. The van der Waals surface area contributed by atoms with Crippen LogP contribution in [0.5, 0.6) is 0 Å². The Hall–Kier alpha value is -0.920. The van der Waals surface area contributed by atoms with Gasteiger partial charge in [-0.3, -0.25) is 4.79 Å². The standard InChI is InChI=1S/C12H18N2O3S2/c1-19(16,17)11-5-4-10(18-11)8-14-12(15)9-3-2-6-13-7-9/h4-5,9,13H,2-3,6-8H2,1H3,(H,14,15). The molecule has 1 fully saturated rings. The van der Waals surface area contributed by atoms with Gasteiger partial charge in [0.15, 0.2) is 9.84 Å². The monoisotopic (exact) mass is 302 g/mol. The maximum Gasteiger partial charge on any atom is 0.224 e. The van der Waals surface area contributed by atoms with E-state index in [0.717, 1.165) is 30.8 Å². The van der Waals surface area contributed by atoms with Crippen molar-refractivity contribution in [3.05, 3.63) is 17.0 Å². The Balaban J connectivity index is 1.88. The van der Waals surface area contributed by atoms with E-state index in [1.165, 1.54) is 17.6 Å². The lowest BCUT2D eigenvalue weighted by molar-refractivity contribution is -0.125. The number of rotatable bonds is 4. The summed E-state index contributed by atoms with van der Waals surface area (Å²) in [5.41, 5.74) is 0. The molecule has 106 valence electrons. The number of carbonyl (C=O) groups excluding carboxylic acids is 1. The molecule has 0 saturated carbocycles. The van der Waals surface area contributed by atoms with Crippen LogP contribution in [0.3, 0.4) is 0 Å². The van der Waals surface area contributed by atoms with Crippen molar-refractivity contribution >= 4 is 27.1 Å². The van der Waals surface area contributed by atoms with Crippen LogP contribution in [0, 0.1) is 5.92 Å². The van der Waals surface area contributed by atoms with Crippen molar-refractivity contribution in [3.8, 4) is 0 Å². The van der Waals surface area contributed by atoms with E-state index < -0.39 is 9.84 Å². The number of sulfone groups is 1. The second-order valence-corrected chi connectivity index (χ2v) is 8.16. The van der Waals surface area contributed by atoms with E-state index in [-0.39, 0.29) is 11.8 Å². The van der Waals surface area contributed by atoms with E-state index in [9.17, 15) is 13.2 Å². The summed E-state index contributed by atoms with van der Waals surface area (Å²) in [7, 11) is -3.15. The summed E-state index contributed by atoms with van der Waals surface area (Å²) in [6.07, 6.45) is 3.13.